The monoisotopic (exact) mass is 315 g/mol. The number of nitrogens with one attached hydrogen (secondary N) is 2. The Kier molecular flexibility index (Phi) is 6.01. The van der Waals surface area contributed by atoms with Crippen molar-refractivity contribution in [3.8, 4) is 0 Å². The van der Waals surface area contributed by atoms with Gasteiger partial charge in [-0.2, -0.15) is 0 Å². The molecule has 8 heteroatoms. The summed E-state index contributed by atoms with van der Waals surface area (Å²) in [5, 5.41) is 14.2. The number of carbonyl (C=O) groups excluding carboxylic acids is 2. The van der Waals surface area contributed by atoms with E-state index >= 15 is 0 Å². The number of piperidine rings is 1. The number of amides is 3. The maximum absolute atomic E-state index is 12.0. The van der Waals surface area contributed by atoms with Gasteiger partial charge in [-0.15, -0.1) is 0 Å². The Balaban J connectivity index is 2.36. The molecule has 1 saturated heterocycles. The average Bonchev–Trinajstić information content (AvgIpc) is 2.36. The molecule has 126 valence electrons. The molecule has 8 nitrogen and oxygen atoms in total. The molecular weight excluding hydrogens is 290 g/mol. The van der Waals surface area contributed by atoms with Gasteiger partial charge in [0, 0.05) is 19.1 Å². The zero-order valence-electron chi connectivity index (χ0n) is 13.5. The summed E-state index contributed by atoms with van der Waals surface area (Å²) in [6.45, 7) is 7.60. The molecule has 3 amide bonds. The van der Waals surface area contributed by atoms with E-state index in [9.17, 15) is 14.4 Å². The van der Waals surface area contributed by atoms with Crippen LogP contribution in [0.15, 0.2) is 0 Å². The van der Waals surface area contributed by atoms with Crippen LogP contribution in [0.3, 0.4) is 0 Å². The molecule has 1 fully saturated rings. The lowest BCUT2D eigenvalue weighted by Crippen LogP contribution is -2.52. The maximum Gasteiger partial charge on any atom is 0.408 e. The Morgan fingerprint density at radius 2 is 1.77 bits per heavy atom. The number of hydrogen-bond donors (Lipinski definition) is 3. The quantitative estimate of drug-likeness (QED) is 0.724. The van der Waals surface area contributed by atoms with Crippen molar-refractivity contribution in [2.45, 2.75) is 58.2 Å². The summed E-state index contributed by atoms with van der Waals surface area (Å²) < 4.78 is 5.09. The van der Waals surface area contributed by atoms with Gasteiger partial charge in [0.1, 0.15) is 11.6 Å². The van der Waals surface area contributed by atoms with Crippen molar-refractivity contribution in [2.24, 2.45) is 0 Å². The highest BCUT2D eigenvalue weighted by molar-refractivity contribution is 5.85. The van der Waals surface area contributed by atoms with Crippen LogP contribution in [0.25, 0.3) is 0 Å². The standard InChI is InChI=1S/C14H25N3O5/c1-9(15-12(19)22-14(2,3)4)11(18)16-10-5-7-17(8-6-10)13(20)21/h9-10H,5-8H2,1-4H3,(H,15,19)(H,16,18)(H,20,21). The van der Waals surface area contributed by atoms with Crippen LogP contribution in [0.2, 0.25) is 0 Å². The summed E-state index contributed by atoms with van der Waals surface area (Å²) in [4.78, 5) is 35.7. The van der Waals surface area contributed by atoms with Gasteiger partial charge in [-0.3, -0.25) is 4.79 Å². The van der Waals surface area contributed by atoms with E-state index in [0.717, 1.165) is 0 Å². The normalized spacial score (nSPS) is 17.5. The fraction of sp³-hybridized carbons (Fsp3) is 0.786. The first-order valence-corrected chi connectivity index (χ1v) is 7.36. The SMILES string of the molecule is CC(NC(=O)OC(C)(C)C)C(=O)NC1CCN(C(=O)O)CC1. The predicted molar refractivity (Wildman–Crippen MR) is 79.6 cm³/mol. The van der Waals surface area contributed by atoms with Crippen LogP contribution in [-0.4, -0.2) is 58.9 Å². The molecule has 1 rings (SSSR count). The predicted octanol–water partition coefficient (Wildman–Crippen LogP) is 1.16. The van der Waals surface area contributed by atoms with Crippen molar-refractivity contribution in [3.63, 3.8) is 0 Å². The van der Waals surface area contributed by atoms with Crippen LogP contribution in [0.1, 0.15) is 40.5 Å². The van der Waals surface area contributed by atoms with Crippen LogP contribution in [0.5, 0.6) is 0 Å². The fourth-order valence-electron chi connectivity index (χ4n) is 2.09. The summed E-state index contributed by atoms with van der Waals surface area (Å²) >= 11 is 0. The first-order valence-electron chi connectivity index (χ1n) is 7.36. The second-order valence-electron chi connectivity index (χ2n) is 6.42. The molecule has 0 spiro atoms. The smallest absolute Gasteiger partial charge is 0.408 e. The highest BCUT2D eigenvalue weighted by atomic mass is 16.6. The third-order valence-electron chi connectivity index (χ3n) is 3.24. The van der Waals surface area contributed by atoms with E-state index in [4.69, 9.17) is 9.84 Å². The second kappa shape index (κ2) is 7.33. The highest BCUT2D eigenvalue weighted by Crippen LogP contribution is 2.11. The van der Waals surface area contributed by atoms with Crippen LogP contribution >= 0.6 is 0 Å². The van der Waals surface area contributed by atoms with Crippen molar-refractivity contribution in [1.29, 1.82) is 0 Å². The number of rotatable bonds is 3. The minimum atomic E-state index is -0.940. The Labute approximate surface area is 130 Å². The summed E-state index contributed by atoms with van der Waals surface area (Å²) in [5.74, 6) is -0.306. The Morgan fingerprint density at radius 1 is 1.23 bits per heavy atom. The number of nitrogens with zero attached hydrogens (tertiary/aromatic N) is 1. The zero-order chi connectivity index (χ0) is 16.9. The largest absolute Gasteiger partial charge is 0.465 e. The van der Waals surface area contributed by atoms with E-state index in [1.165, 1.54) is 4.90 Å². The Bertz CT molecular complexity index is 425. The number of likely N-dealkylation sites (tertiary alicyclic amines) is 1. The minimum Gasteiger partial charge on any atom is -0.465 e. The number of ether oxygens (including phenoxy) is 1. The molecule has 0 aromatic heterocycles. The summed E-state index contributed by atoms with van der Waals surface area (Å²) in [6, 6.07) is -0.793. The molecular formula is C14H25N3O5. The third kappa shape index (κ3) is 6.19. The van der Waals surface area contributed by atoms with Gasteiger partial charge in [0.25, 0.3) is 0 Å². The van der Waals surface area contributed by atoms with E-state index in [1.54, 1.807) is 27.7 Å². The van der Waals surface area contributed by atoms with Gasteiger partial charge in [0.2, 0.25) is 5.91 Å². The van der Waals surface area contributed by atoms with E-state index < -0.39 is 23.8 Å². The van der Waals surface area contributed by atoms with Gasteiger partial charge < -0.3 is 25.4 Å². The van der Waals surface area contributed by atoms with E-state index in [0.29, 0.717) is 25.9 Å². The molecule has 1 unspecified atom stereocenters. The van der Waals surface area contributed by atoms with E-state index in [-0.39, 0.29) is 11.9 Å². The highest BCUT2D eigenvalue weighted by Gasteiger charge is 2.26. The molecule has 1 aliphatic heterocycles. The van der Waals surface area contributed by atoms with E-state index in [1.807, 2.05) is 0 Å². The molecule has 1 heterocycles. The van der Waals surface area contributed by atoms with Gasteiger partial charge in [-0.05, 0) is 40.5 Å². The van der Waals surface area contributed by atoms with Crippen LogP contribution in [0.4, 0.5) is 9.59 Å². The van der Waals surface area contributed by atoms with Gasteiger partial charge in [0.15, 0.2) is 0 Å². The number of alkyl carbamates (subject to hydrolysis) is 1. The fourth-order valence-corrected chi connectivity index (χ4v) is 2.09. The Morgan fingerprint density at radius 3 is 2.23 bits per heavy atom. The second-order valence-corrected chi connectivity index (χ2v) is 6.42. The molecule has 1 atom stereocenters. The van der Waals surface area contributed by atoms with Crippen molar-refractivity contribution in [1.82, 2.24) is 15.5 Å². The molecule has 0 aromatic rings. The molecule has 1 aliphatic rings. The lowest BCUT2D eigenvalue weighted by Gasteiger charge is -2.31. The summed E-state index contributed by atoms with van der Waals surface area (Å²) in [5.41, 5.74) is -0.621. The van der Waals surface area contributed by atoms with Gasteiger partial charge in [-0.25, -0.2) is 9.59 Å². The number of carboxylic acid groups (broad SMARTS) is 1. The van der Waals surface area contributed by atoms with Crippen LogP contribution in [-0.2, 0) is 9.53 Å². The molecule has 0 radical (unpaired) electrons. The molecule has 3 N–H and O–H groups in total. The van der Waals surface area contributed by atoms with Crippen molar-refractivity contribution < 1.29 is 24.2 Å². The topological polar surface area (TPSA) is 108 Å². The molecule has 0 aromatic carbocycles. The molecule has 0 saturated carbocycles. The molecule has 0 bridgehead atoms. The zero-order valence-corrected chi connectivity index (χ0v) is 13.5. The molecule has 22 heavy (non-hydrogen) atoms. The van der Waals surface area contributed by atoms with Crippen LogP contribution in [0, 0.1) is 0 Å². The van der Waals surface area contributed by atoms with Crippen molar-refractivity contribution >= 4 is 18.1 Å². The summed E-state index contributed by atoms with van der Waals surface area (Å²) in [6.07, 6.45) is -0.449. The van der Waals surface area contributed by atoms with Gasteiger partial charge in [-0.1, -0.05) is 0 Å². The van der Waals surface area contributed by atoms with E-state index in [2.05, 4.69) is 10.6 Å². The lowest BCUT2D eigenvalue weighted by atomic mass is 10.1. The summed E-state index contributed by atoms with van der Waals surface area (Å²) in [7, 11) is 0. The molecule has 0 aliphatic carbocycles. The Hall–Kier alpha value is -1.99. The van der Waals surface area contributed by atoms with Crippen LogP contribution < -0.4 is 10.6 Å². The van der Waals surface area contributed by atoms with Gasteiger partial charge >= 0.3 is 12.2 Å². The van der Waals surface area contributed by atoms with Crippen molar-refractivity contribution in [3.05, 3.63) is 0 Å². The van der Waals surface area contributed by atoms with Gasteiger partial charge in [0.05, 0.1) is 0 Å². The number of hydrogen-bond acceptors (Lipinski definition) is 4. The average molecular weight is 315 g/mol. The first-order chi connectivity index (χ1) is 10.1. The van der Waals surface area contributed by atoms with Crippen molar-refractivity contribution in [2.75, 3.05) is 13.1 Å². The first kappa shape index (κ1) is 18.1. The third-order valence-corrected chi connectivity index (χ3v) is 3.24. The lowest BCUT2D eigenvalue weighted by molar-refractivity contribution is -0.123. The number of carbonyl (C=O) groups is 3. The minimum absolute atomic E-state index is 0.0778. The maximum atomic E-state index is 12.0.